The first-order valence-corrected chi connectivity index (χ1v) is 7.99. The molecular formula is C17H19N3O6. The van der Waals surface area contributed by atoms with E-state index in [-0.39, 0.29) is 28.3 Å². The van der Waals surface area contributed by atoms with E-state index in [2.05, 4.69) is 15.9 Å². The average molecular weight is 361 g/mol. The first kappa shape index (κ1) is 18.3. The maximum absolute atomic E-state index is 12.5. The lowest BCUT2D eigenvalue weighted by Crippen LogP contribution is -2.45. The molecule has 0 radical (unpaired) electrons. The van der Waals surface area contributed by atoms with Crippen molar-refractivity contribution in [1.82, 2.24) is 14.5 Å². The highest BCUT2D eigenvalue weighted by atomic mass is 16.6. The first-order chi connectivity index (χ1) is 12.3. The fraction of sp³-hybridized carbons (Fsp3) is 0.471. The number of nitrogens with zero attached hydrogens (tertiary/aromatic N) is 3. The normalized spacial score (nSPS) is 28.6. The van der Waals surface area contributed by atoms with Crippen LogP contribution in [0.5, 0.6) is 5.88 Å². The Morgan fingerprint density at radius 2 is 2.19 bits per heavy atom. The minimum Gasteiger partial charge on any atom is -0.493 e. The van der Waals surface area contributed by atoms with E-state index in [1.807, 2.05) is 0 Å². The first-order valence-electron chi connectivity index (χ1n) is 7.99. The lowest BCUT2D eigenvalue weighted by Gasteiger charge is -2.26. The lowest BCUT2D eigenvalue weighted by atomic mass is 9.95. The van der Waals surface area contributed by atoms with Gasteiger partial charge >= 0.3 is 0 Å². The highest BCUT2D eigenvalue weighted by Gasteiger charge is 2.55. The van der Waals surface area contributed by atoms with Gasteiger partial charge in [0.25, 0.3) is 0 Å². The van der Waals surface area contributed by atoms with E-state index >= 15 is 0 Å². The summed E-state index contributed by atoms with van der Waals surface area (Å²) in [4.78, 5) is 20.3. The number of aromatic hydroxyl groups is 1. The second-order valence-corrected chi connectivity index (χ2v) is 6.49. The number of fused-ring (bicyclic) bond motifs is 1. The molecule has 2 aromatic rings. The van der Waals surface area contributed by atoms with Crippen molar-refractivity contribution >= 4 is 16.8 Å². The Bertz CT molecular complexity index is 902. The van der Waals surface area contributed by atoms with Gasteiger partial charge < -0.3 is 29.7 Å². The van der Waals surface area contributed by atoms with Crippen molar-refractivity contribution in [2.45, 2.75) is 37.9 Å². The number of hydrogen-bond donors (Lipinski definition) is 4. The van der Waals surface area contributed by atoms with Gasteiger partial charge in [0, 0.05) is 12.1 Å². The summed E-state index contributed by atoms with van der Waals surface area (Å²) in [6, 6.07) is 0. The van der Waals surface area contributed by atoms with Crippen molar-refractivity contribution in [2.24, 2.45) is 5.92 Å². The molecule has 4 atom stereocenters. The van der Waals surface area contributed by atoms with E-state index in [4.69, 9.17) is 11.2 Å². The maximum atomic E-state index is 12.5. The molecule has 2 aromatic heterocycles. The molecule has 1 saturated heterocycles. The minimum absolute atomic E-state index is 0.0936. The molecule has 1 aliphatic rings. The van der Waals surface area contributed by atoms with Crippen molar-refractivity contribution < 1.29 is 30.0 Å². The van der Waals surface area contributed by atoms with Gasteiger partial charge in [-0.1, -0.05) is 19.8 Å². The molecule has 1 aliphatic heterocycles. The van der Waals surface area contributed by atoms with Crippen LogP contribution in [0.15, 0.2) is 12.5 Å². The van der Waals surface area contributed by atoms with Crippen molar-refractivity contribution in [1.29, 1.82) is 0 Å². The van der Waals surface area contributed by atoms with Crippen LogP contribution in [0, 0.1) is 18.3 Å². The predicted molar refractivity (Wildman–Crippen MR) is 89.1 cm³/mol. The third-order valence-electron chi connectivity index (χ3n) is 4.53. The number of carbonyl (C=O) groups excluding carboxylic acids is 1. The largest absolute Gasteiger partial charge is 0.493 e. The van der Waals surface area contributed by atoms with E-state index in [1.54, 1.807) is 13.8 Å². The Labute approximate surface area is 148 Å². The molecular weight excluding hydrogens is 342 g/mol. The van der Waals surface area contributed by atoms with Crippen LogP contribution in [0.3, 0.4) is 0 Å². The van der Waals surface area contributed by atoms with Crippen LogP contribution in [0.1, 0.15) is 30.4 Å². The summed E-state index contributed by atoms with van der Waals surface area (Å²) in [6.07, 6.45) is 3.83. The van der Waals surface area contributed by atoms with Crippen molar-refractivity contribution in [3.8, 4) is 18.2 Å². The smallest absolute Gasteiger partial charge is 0.224 e. The Kier molecular flexibility index (Phi) is 4.46. The summed E-state index contributed by atoms with van der Waals surface area (Å²) in [5.74, 6) is 1.05. The van der Waals surface area contributed by atoms with Gasteiger partial charge in [-0.05, 0) is 0 Å². The van der Waals surface area contributed by atoms with Gasteiger partial charge in [0.05, 0.1) is 17.6 Å². The highest BCUT2D eigenvalue weighted by Crippen LogP contribution is 2.41. The zero-order valence-electron chi connectivity index (χ0n) is 14.2. The number of aliphatic hydroxyl groups excluding tert-OH is 2. The average Bonchev–Trinajstić information content (AvgIpc) is 3.12. The van der Waals surface area contributed by atoms with Crippen molar-refractivity contribution in [3.05, 3.63) is 18.1 Å². The number of ketones is 1. The number of aliphatic hydroxyl groups is 3. The van der Waals surface area contributed by atoms with Gasteiger partial charge in [0.1, 0.15) is 24.2 Å². The van der Waals surface area contributed by atoms with Gasteiger partial charge in [-0.3, -0.25) is 4.79 Å². The van der Waals surface area contributed by atoms with Crippen LogP contribution in [0.4, 0.5) is 0 Å². The molecule has 26 heavy (non-hydrogen) atoms. The Morgan fingerprint density at radius 1 is 1.50 bits per heavy atom. The molecule has 138 valence electrons. The van der Waals surface area contributed by atoms with Crippen molar-refractivity contribution in [2.75, 3.05) is 6.61 Å². The number of hydrogen-bond acceptors (Lipinski definition) is 8. The number of Topliss-reactive ketones (excluding diaryl/α,β-unsaturated/α-hetero) is 1. The molecule has 9 heteroatoms. The number of aromatic nitrogens is 3. The predicted octanol–water partition coefficient (Wildman–Crippen LogP) is -0.410. The van der Waals surface area contributed by atoms with Crippen LogP contribution in [-0.2, 0) is 4.74 Å². The quantitative estimate of drug-likeness (QED) is 0.426. The Balaban J connectivity index is 2.25. The number of terminal acetylenes is 1. The Morgan fingerprint density at radius 3 is 2.77 bits per heavy atom. The summed E-state index contributed by atoms with van der Waals surface area (Å²) in [5, 5.41) is 40.5. The van der Waals surface area contributed by atoms with Gasteiger partial charge in [-0.2, -0.15) is 0 Å². The lowest BCUT2D eigenvalue weighted by molar-refractivity contribution is -0.0718. The van der Waals surface area contributed by atoms with Crippen molar-refractivity contribution in [3.63, 3.8) is 0 Å². The standard InChI is InChI=1S/C17H19N3O6/c1-4-17(25)13(23)10(6-21)26-16(17)20-5-9(12(22)8(2)3)11-14(20)18-7-19-15(11)24/h1,5,7-8,10,13,16,21,23,25H,6H2,2-3H3,(H,18,19,24)/t10-,13-,16-,17-/m1/s1. The number of carbonyl (C=O) groups is 1. The van der Waals surface area contributed by atoms with Gasteiger partial charge in [-0.25, -0.2) is 9.97 Å². The monoisotopic (exact) mass is 361 g/mol. The van der Waals surface area contributed by atoms with Crippen LogP contribution in [-0.4, -0.2) is 65.2 Å². The Hall–Kier alpha value is -2.51. The van der Waals surface area contributed by atoms with E-state index < -0.39 is 36.5 Å². The highest BCUT2D eigenvalue weighted by molar-refractivity contribution is 6.09. The third kappa shape index (κ3) is 2.47. The molecule has 0 aromatic carbocycles. The molecule has 9 nitrogen and oxygen atoms in total. The summed E-state index contributed by atoms with van der Waals surface area (Å²) >= 11 is 0. The molecule has 1 fully saturated rings. The second kappa shape index (κ2) is 6.34. The van der Waals surface area contributed by atoms with Gasteiger partial charge in [-0.15, -0.1) is 6.42 Å². The molecule has 4 N–H and O–H groups in total. The summed E-state index contributed by atoms with van der Waals surface area (Å²) in [6.45, 7) is 2.82. The molecule has 3 rings (SSSR count). The molecule has 0 spiro atoms. The SMILES string of the molecule is C#C[C@@]1(O)[C@H](O)[C@@H](CO)O[C@H]1n1cc(C(=O)C(C)C)c2c(O)ncnc21. The second-order valence-electron chi connectivity index (χ2n) is 6.49. The third-order valence-corrected chi connectivity index (χ3v) is 4.53. The molecule has 3 heterocycles. The van der Waals surface area contributed by atoms with Crippen LogP contribution in [0.2, 0.25) is 0 Å². The number of ether oxygens (including phenoxy) is 1. The maximum Gasteiger partial charge on any atom is 0.224 e. The zero-order valence-corrected chi connectivity index (χ0v) is 14.2. The summed E-state index contributed by atoms with van der Waals surface area (Å²) in [7, 11) is 0. The van der Waals surface area contributed by atoms with Crippen LogP contribution >= 0.6 is 0 Å². The topological polar surface area (TPSA) is 138 Å². The molecule has 0 bridgehead atoms. The summed E-state index contributed by atoms with van der Waals surface area (Å²) in [5.41, 5.74) is -1.93. The fourth-order valence-corrected chi connectivity index (χ4v) is 3.10. The fourth-order valence-electron chi connectivity index (χ4n) is 3.10. The van der Waals surface area contributed by atoms with E-state index in [9.17, 15) is 25.2 Å². The molecule has 0 amide bonds. The van der Waals surface area contributed by atoms with Crippen LogP contribution < -0.4 is 0 Å². The van der Waals surface area contributed by atoms with Crippen LogP contribution in [0.25, 0.3) is 11.0 Å². The molecule has 0 unspecified atom stereocenters. The molecule has 0 saturated carbocycles. The van der Waals surface area contributed by atoms with Gasteiger partial charge in [0.15, 0.2) is 17.6 Å². The van der Waals surface area contributed by atoms with E-state index in [0.717, 1.165) is 6.33 Å². The van der Waals surface area contributed by atoms with E-state index in [0.29, 0.717) is 0 Å². The van der Waals surface area contributed by atoms with Gasteiger partial charge in [0.2, 0.25) is 5.88 Å². The minimum atomic E-state index is -2.17. The molecule has 0 aliphatic carbocycles. The van der Waals surface area contributed by atoms with E-state index in [1.165, 1.54) is 10.8 Å². The number of rotatable bonds is 4. The zero-order chi connectivity index (χ0) is 19.2. The summed E-state index contributed by atoms with van der Waals surface area (Å²) < 4.78 is 6.80.